The van der Waals surface area contributed by atoms with Crippen LogP contribution in [0, 0.1) is 11.3 Å². The van der Waals surface area contributed by atoms with Crippen molar-refractivity contribution in [2.24, 2.45) is 7.05 Å². The highest BCUT2D eigenvalue weighted by atomic mass is 16.5. The molecule has 0 spiro atoms. The van der Waals surface area contributed by atoms with Crippen molar-refractivity contribution in [3.05, 3.63) is 83.8 Å². The Bertz CT molecular complexity index is 1360. The predicted octanol–water partition coefficient (Wildman–Crippen LogP) is 4.34. The molecule has 0 fully saturated rings. The van der Waals surface area contributed by atoms with Crippen LogP contribution in [0.15, 0.2) is 66.9 Å². The molecule has 0 bridgehead atoms. The minimum atomic E-state index is -0.236. The fourth-order valence-electron chi connectivity index (χ4n) is 3.56. The third kappa shape index (κ3) is 6.99. The number of nitrogens with zero attached hydrogens (tertiary/aromatic N) is 5. The lowest BCUT2D eigenvalue weighted by atomic mass is 10.1. The van der Waals surface area contributed by atoms with E-state index in [1.807, 2.05) is 36.7 Å². The zero-order valence-corrected chi connectivity index (χ0v) is 21.2. The average Bonchev–Trinajstić information content (AvgIpc) is 3.27. The van der Waals surface area contributed by atoms with Gasteiger partial charge in [-0.1, -0.05) is 6.07 Å². The van der Waals surface area contributed by atoms with Crippen molar-refractivity contribution in [2.45, 2.75) is 19.9 Å². The van der Waals surface area contributed by atoms with E-state index in [0.717, 1.165) is 29.9 Å². The second-order valence-electron chi connectivity index (χ2n) is 8.01. The maximum Gasteiger partial charge on any atom is 0.259 e. The number of hydrogen-bond acceptors (Lipinski definition) is 7. The van der Waals surface area contributed by atoms with Gasteiger partial charge in [-0.2, -0.15) is 5.26 Å². The van der Waals surface area contributed by atoms with Crippen molar-refractivity contribution in [3.8, 4) is 6.07 Å². The van der Waals surface area contributed by atoms with Gasteiger partial charge in [-0.05, 0) is 61.5 Å². The lowest BCUT2D eigenvalue weighted by Crippen LogP contribution is -2.32. The quantitative estimate of drug-likeness (QED) is 0.342. The van der Waals surface area contributed by atoms with Crippen molar-refractivity contribution in [2.75, 3.05) is 30.5 Å². The molecular formula is C28H30N6O3. The average molecular weight is 499 g/mol. The highest BCUT2D eigenvalue weighted by Gasteiger charge is 2.20. The minimum Gasteiger partial charge on any atom is -0.385 e. The molecule has 37 heavy (non-hydrogen) atoms. The van der Waals surface area contributed by atoms with Crippen LogP contribution in [-0.2, 0) is 23.1 Å². The zero-order valence-electron chi connectivity index (χ0n) is 21.2. The molecule has 1 amide bonds. The molecule has 190 valence electrons. The molecule has 0 unspecified atom stereocenters. The summed E-state index contributed by atoms with van der Waals surface area (Å²) in [5, 5.41) is 12.2. The van der Waals surface area contributed by atoms with Gasteiger partial charge >= 0.3 is 0 Å². The van der Waals surface area contributed by atoms with Crippen molar-refractivity contribution >= 4 is 34.7 Å². The second-order valence-corrected chi connectivity index (χ2v) is 8.01. The Labute approximate surface area is 216 Å². The summed E-state index contributed by atoms with van der Waals surface area (Å²) in [6, 6.07) is 20.0. The van der Waals surface area contributed by atoms with Crippen LogP contribution in [0.25, 0.3) is 11.0 Å². The number of carbonyl (C=O) groups excluding carboxylic acids is 2. The van der Waals surface area contributed by atoms with Crippen LogP contribution in [0.5, 0.6) is 0 Å². The van der Waals surface area contributed by atoms with Crippen LogP contribution in [0.4, 0.5) is 11.5 Å². The maximum atomic E-state index is 13.2. The van der Waals surface area contributed by atoms with Gasteiger partial charge in [-0.3, -0.25) is 9.69 Å². The highest BCUT2D eigenvalue weighted by Crippen LogP contribution is 2.21. The molecule has 9 heteroatoms. The Morgan fingerprint density at radius 3 is 2.57 bits per heavy atom. The number of ether oxygens (including phenoxy) is 1. The maximum absolute atomic E-state index is 13.2. The zero-order chi connectivity index (χ0) is 26.6. The molecule has 0 aliphatic rings. The Morgan fingerprint density at radius 2 is 1.95 bits per heavy atom. The van der Waals surface area contributed by atoms with E-state index < -0.39 is 0 Å². The SMILES string of the molecule is CCOC.Cn1c(CNc2ccc(C#N)cc2)nc2cc(C(=O)N(CCC=O)c3ccccn3)ccc21. The number of imidazole rings is 1. The number of methoxy groups -OCH3 is 1. The van der Waals surface area contributed by atoms with E-state index >= 15 is 0 Å². The molecule has 0 atom stereocenters. The number of aryl methyl sites for hydroxylation is 1. The topological polar surface area (TPSA) is 113 Å². The molecule has 0 aliphatic carbocycles. The molecule has 0 aliphatic heterocycles. The smallest absolute Gasteiger partial charge is 0.259 e. The van der Waals surface area contributed by atoms with E-state index in [-0.39, 0.29) is 18.9 Å². The van der Waals surface area contributed by atoms with Crippen LogP contribution in [0.2, 0.25) is 0 Å². The highest BCUT2D eigenvalue weighted by molar-refractivity contribution is 6.07. The fourth-order valence-corrected chi connectivity index (χ4v) is 3.56. The Kier molecular flexibility index (Phi) is 9.88. The van der Waals surface area contributed by atoms with E-state index in [1.165, 1.54) is 4.90 Å². The van der Waals surface area contributed by atoms with E-state index in [9.17, 15) is 9.59 Å². The van der Waals surface area contributed by atoms with Gasteiger partial charge in [0.1, 0.15) is 17.9 Å². The standard InChI is InChI=1S/C25H22N6O2.C3H8O/c1-30-22-11-8-19(25(33)31(13-4-14-32)23-5-2-3-12-27-23)15-21(22)29-24(30)17-28-20-9-6-18(16-26)7-10-20;1-3-4-2/h2-3,5-12,14-15,28H,4,13,17H2,1H3;3H2,1-2H3. The Balaban J connectivity index is 0.000000886. The molecule has 0 saturated heterocycles. The Hall–Kier alpha value is -4.55. The normalized spacial score (nSPS) is 10.2. The second kappa shape index (κ2) is 13.5. The number of nitrogens with one attached hydrogen (secondary N) is 1. The first-order valence-corrected chi connectivity index (χ1v) is 11.9. The van der Waals surface area contributed by atoms with E-state index in [0.29, 0.717) is 29.0 Å². The number of nitriles is 1. The lowest BCUT2D eigenvalue weighted by Gasteiger charge is -2.20. The monoisotopic (exact) mass is 498 g/mol. The number of rotatable bonds is 9. The summed E-state index contributed by atoms with van der Waals surface area (Å²) in [5.41, 5.74) is 3.58. The number of fused-ring (bicyclic) bond motifs is 1. The van der Waals surface area contributed by atoms with Gasteiger partial charge in [0.05, 0.1) is 29.2 Å². The van der Waals surface area contributed by atoms with E-state index in [2.05, 4.69) is 21.1 Å². The number of aromatic nitrogens is 3. The summed E-state index contributed by atoms with van der Waals surface area (Å²) in [4.78, 5) is 34.6. The van der Waals surface area contributed by atoms with Crippen LogP contribution < -0.4 is 10.2 Å². The first kappa shape index (κ1) is 27.0. The van der Waals surface area contributed by atoms with Crippen molar-refractivity contribution in [1.82, 2.24) is 14.5 Å². The van der Waals surface area contributed by atoms with Crippen molar-refractivity contribution in [1.29, 1.82) is 5.26 Å². The molecule has 0 saturated carbocycles. The van der Waals surface area contributed by atoms with Crippen molar-refractivity contribution in [3.63, 3.8) is 0 Å². The first-order valence-electron chi connectivity index (χ1n) is 11.9. The molecular weight excluding hydrogens is 468 g/mol. The largest absolute Gasteiger partial charge is 0.385 e. The molecule has 9 nitrogen and oxygen atoms in total. The molecule has 4 rings (SSSR count). The number of amides is 1. The summed E-state index contributed by atoms with van der Waals surface area (Å²) < 4.78 is 6.52. The third-order valence-corrected chi connectivity index (χ3v) is 5.62. The molecule has 1 N–H and O–H groups in total. The number of pyridine rings is 1. The predicted molar refractivity (Wildman–Crippen MR) is 143 cm³/mol. The third-order valence-electron chi connectivity index (χ3n) is 5.62. The van der Waals surface area contributed by atoms with Crippen LogP contribution in [0.3, 0.4) is 0 Å². The summed E-state index contributed by atoms with van der Waals surface area (Å²) in [5.74, 6) is 1.07. The van der Waals surface area contributed by atoms with Gasteiger partial charge < -0.3 is 19.4 Å². The summed E-state index contributed by atoms with van der Waals surface area (Å²) in [7, 11) is 3.61. The van der Waals surface area contributed by atoms with Gasteiger partial charge in [0.15, 0.2) is 0 Å². The fraction of sp³-hybridized carbons (Fsp3) is 0.250. The summed E-state index contributed by atoms with van der Waals surface area (Å²) >= 11 is 0. The summed E-state index contributed by atoms with van der Waals surface area (Å²) in [6.07, 6.45) is 2.63. The molecule has 2 aromatic carbocycles. The van der Waals surface area contributed by atoms with E-state index in [4.69, 9.17) is 10.2 Å². The van der Waals surface area contributed by atoms with Crippen molar-refractivity contribution < 1.29 is 14.3 Å². The lowest BCUT2D eigenvalue weighted by molar-refractivity contribution is -0.107. The molecule has 2 heterocycles. The van der Waals surface area contributed by atoms with Gasteiger partial charge in [-0.15, -0.1) is 0 Å². The van der Waals surface area contributed by atoms with Crippen LogP contribution in [-0.4, -0.2) is 47.0 Å². The first-order chi connectivity index (χ1) is 18.0. The van der Waals surface area contributed by atoms with Crippen LogP contribution >= 0.6 is 0 Å². The number of anilines is 2. The number of carbonyl (C=O) groups is 2. The Morgan fingerprint density at radius 1 is 1.19 bits per heavy atom. The summed E-state index contributed by atoms with van der Waals surface area (Å²) in [6.45, 7) is 3.51. The van der Waals surface area contributed by atoms with Crippen LogP contribution in [0.1, 0.15) is 35.1 Å². The molecule has 0 radical (unpaired) electrons. The number of aldehydes is 1. The molecule has 4 aromatic rings. The van der Waals surface area contributed by atoms with Gasteiger partial charge in [0.25, 0.3) is 5.91 Å². The molecule has 2 aromatic heterocycles. The van der Waals surface area contributed by atoms with E-state index in [1.54, 1.807) is 55.8 Å². The number of hydrogen-bond donors (Lipinski definition) is 1. The van der Waals surface area contributed by atoms with Gasteiger partial charge in [0.2, 0.25) is 0 Å². The van der Waals surface area contributed by atoms with Gasteiger partial charge in [0, 0.05) is 51.2 Å². The number of benzene rings is 2. The van der Waals surface area contributed by atoms with Gasteiger partial charge in [-0.25, -0.2) is 9.97 Å². The minimum absolute atomic E-state index is 0.222.